The molecule has 54 valence electrons. The quantitative estimate of drug-likeness (QED) is 0.575. The first-order valence-corrected chi connectivity index (χ1v) is 3.49. The molecule has 1 aliphatic rings. The van der Waals surface area contributed by atoms with Crippen LogP contribution in [-0.2, 0) is 0 Å². The molecule has 1 saturated carbocycles. The summed E-state index contributed by atoms with van der Waals surface area (Å²) in [5.41, 5.74) is -1.39. The lowest BCUT2D eigenvalue weighted by atomic mass is 9.67. The molecule has 0 saturated heterocycles. The molecule has 0 atom stereocenters. The zero-order valence-corrected chi connectivity index (χ0v) is 6.02. The highest BCUT2D eigenvalue weighted by atomic mass is 16.3. The van der Waals surface area contributed by atoms with Crippen LogP contribution in [0, 0.1) is 11.8 Å². The first-order valence-electron chi connectivity index (χ1n) is 4.99. The highest BCUT2D eigenvalue weighted by molar-refractivity contribution is 4.91. The number of hydrogen-bond donors (Lipinski definition) is 1. The lowest BCUT2D eigenvalue weighted by Gasteiger charge is -2.43. The Hall–Kier alpha value is -0.0400. The van der Waals surface area contributed by atoms with Crippen molar-refractivity contribution in [3.63, 3.8) is 0 Å². The smallest absolute Gasteiger partial charge is 0.0625 e. The third-order valence-electron chi connectivity index (χ3n) is 2.14. The minimum atomic E-state index is -2.20. The van der Waals surface area contributed by atoms with E-state index in [0.717, 1.165) is 0 Å². The number of hydrogen-bond acceptors (Lipinski definition) is 1. The summed E-state index contributed by atoms with van der Waals surface area (Å²) in [4.78, 5) is 0. The minimum absolute atomic E-state index is 0.385. The Labute approximate surface area is 61.3 Å². The molecule has 0 radical (unpaired) electrons. The molecule has 1 rings (SSSR count). The second kappa shape index (κ2) is 1.98. The average molecular weight is 131 g/mol. The van der Waals surface area contributed by atoms with Crippen LogP contribution >= 0.6 is 0 Å². The van der Waals surface area contributed by atoms with Gasteiger partial charge < -0.3 is 5.11 Å². The normalized spacial score (nSPS) is 49.3. The molecule has 0 unspecified atom stereocenters. The Morgan fingerprint density at radius 2 is 2.22 bits per heavy atom. The molecule has 0 aliphatic heterocycles. The van der Waals surface area contributed by atoms with Crippen LogP contribution in [0.2, 0.25) is 0 Å². The summed E-state index contributed by atoms with van der Waals surface area (Å²) in [5.74, 6) is 0.864. The first-order chi connectivity index (χ1) is 5.26. The first kappa shape index (κ1) is 3.97. The molecule has 0 aromatic heterocycles. The number of aliphatic hydroxyl groups is 1. The average Bonchev–Trinajstić information content (AvgIpc) is 1.77. The molecule has 1 fully saturated rings. The molecule has 1 aliphatic carbocycles. The Balaban J connectivity index is 2.51. The van der Waals surface area contributed by atoms with Crippen molar-refractivity contribution in [2.75, 3.05) is 0 Å². The van der Waals surface area contributed by atoms with E-state index in [-0.39, 0.29) is 0 Å². The fourth-order valence-corrected chi connectivity index (χ4v) is 1.28. The molecule has 1 nitrogen and oxygen atoms in total. The van der Waals surface area contributed by atoms with Crippen molar-refractivity contribution in [1.29, 1.82) is 0 Å². The van der Waals surface area contributed by atoms with Crippen LogP contribution in [0.5, 0.6) is 0 Å². The van der Waals surface area contributed by atoms with E-state index in [9.17, 15) is 5.11 Å². The van der Waals surface area contributed by atoms with Gasteiger partial charge in [0.25, 0.3) is 0 Å². The van der Waals surface area contributed by atoms with Gasteiger partial charge in [-0.3, -0.25) is 0 Å². The highest BCUT2D eigenvalue weighted by Crippen LogP contribution is 2.41. The van der Waals surface area contributed by atoms with Gasteiger partial charge in [-0.05, 0) is 31.5 Å². The van der Waals surface area contributed by atoms with Crippen molar-refractivity contribution in [1.82, 2.24) is 0 Å². The van der Waals surface area contributed by atoms with E-state index in [1.807, 2.05) is 0 Å². The zero-order chi connectivity index (χ0) is 9.57. The van der Waals surface area contributed by atoms with Gasteiger partial charge in [0, 0.05) is 4.11 Å². The van der Waals surface area contributed by atoms with Crippen molar-refractivity contribution >= 4 is 0 Å². The van der Waals surface area contributed by atoms with Gasteiger partial charge in [0.2, 0.25) is 0 Å². The Bertz CT molecular complexity index is 168. The van der Waals surface area contributed by atoms with E-state index in [4.69, 9.17) is 4.11 Å². The molecule has 1 N–H and O–H groups in total. The van der Waals surface area contributed by atoms with Crippen LogP contribution in [0.15, 0.2) is 0 Å². The van der Waals surface area contributed by atoms with E-state index in [1.165, 1.54) is 0 Å². The summed E-state index contributed by atoms with van der Waals surface area (Å²) in [6.45, 7) is 1.92. The fraction of sp³-hybridized carbons (Fsp3) is 1.00. The minimum Gasteiger partial charge on any atom is -0.390 e. The van der Waals surface area contributed by atoms with E-state index in [0.29, 0.717) is 24.7 Å². The second-order valence-electron chi connectivity index (χ2n) is 3.44. The van der Waals surface area contributed by atoms with Gasteiger partial charge in [0.15, 0.2) is 0 Å². The van der Waals surface area contributed by atoms with Crippen molar-refractivity contribution in [2.24, 2.45) is 11.8 Å². The summed E-state index contributed by atoms with van der Waals surface area (Å²) in [7, 11) is 0. The third kappa shape index (κ3) is 1.45. The standard InChI is InChI=1S/C8H16O/c1-6(2)7-4-8(3,9)5-7/h6-7,9H,4-5H2,1-3H3/i3D3. The zero-order valence-electron chi connectivity index (χ0n) is 9.02. The topological polar surface area (TPSA) is 20.2 Å². The largest absolute Gasteiger partial charge is 0.390 e. The molecule has 1 heteroatoms. The molecule has 0 spiro atoms. The van der Waals surface area contributed by atoms with Crippen LogP contribution in [0.4, 0.5) is 0 Å². The van der Waals surface area contributed by atoms with Gasteiger partial charge in [0.1, 0.15) is 0 Å². The monoisotopic (exact) mass is 131 g/mol. The maximum absolute atomic E-state index is 9.60. The van der Waals surface area contributed by atoms with Crippen LogP contribution in [-0.4, -0.2) is 10.7 Å². The van der Waals surface area contributed by atoms with Gasteiger partial charge in [-0.15, -0.1) is 0 Å². The van der Waals surface area contributed by atoms with Crippen molar-refractivity contribution < 1.29 is 9.22 Å². The van der Waals surface area contributed by atoms with Crippen LogP contribution < -0.4 is 0 Å². The predicted octanol–water partition coefficient (Wildman–Crippen LogP) is 1.80. The van der Waals surface area contributed by atoms with Gasteiger partial charge >= 0.3 is 0 Å². The van der Waals surface area contributed by atoms with Crippen molar-refractivity contribution in [2.45, 2.75) is 39.1 Å². The molecule has 9 heavy (non-hydrogen) atoms. The molecule has 0 aromatic rings. The van der Waals surface area contributed by atoms with Gasteiger partial charge in [-0.1, -0.05) is 13.8 Å². The number of rotatable bonds is 1. The summed E-state index contributed by atoms with van der Waals surface area (Å²) in [6, 6.07) is 0. The van der Waals surface area contributed by atoms with Crippen LogP contribution in [0.1, 0.15) is 37.7 Å². The predicted molar refractivity (Wildman–Crippen MR) is 38.2 cm³/mol. The van der Waals surface area contributed by atoms with E-state index < -0.39 is 12.5 Å². The molecule has 0 aromatic carbocycles. The van der Waals surface area contributed by atoms with E-state index in [2.05, 4.69) is 13.8 Å². The summed E-state index contributed by atoms with van der Waals surface area (Å²) in [5, 5.41) is 9.60. The molecule has 0 heterocycles. The van der Waals surface area contributed by atoms with Crippen LogP contribution in [0.25, 0.3) is 0 Å². The maximum atomic E-state index is 9.60. The molecular formula is C8H16O. The highest BCUT2D eigenvalue weighted by Gasteiger charge is 2.39. The Kier molecular flexibility index (Phi) is 0.873. The van der Waals surface area contributed by atoms with Gasteiger partial charge in [-0.2, -0.15) is 0 Å². The fourth-order valence-electron chi connectivity index (χ4n) is 1.28. The Morgan fingerprint density at radius 1 is 1.67 bits per heavy atom. The maximum Gasteiger partial charge on any atom is 0.0625 e. The summed E-state index contributed by atoms with van der Waals surface area (Å²) >= 11 is 0. The lowest BCUT2D eigenvalue weighted by Crippen LogP contribution is -2.42. The lowest BCUT2D eigenvalue weighted by molar-refractivity contribution is -0.0713. The van der Waals surface area contributed by atoms with E-state index >= 15 is 0 Å². The molecular weight excluding hydrogens is 112 g/mol. The Morgan fingerprint density at radius 3 is 2.56 bits per heavy atom. The third-order valence-corrected chi connectivity index (χ3v) is 2.14. The van der Waals surface area contributed by atoms with Gasteiger partial charge in [0.05, 0.1) is 5.60 Å². The molecule has 0 amide bonds. The van der Waals surface area contributed by atoms with Gasteiger partial charge in [-0.25, -0.2) is 0 Å². The van der Waals surface area contributed by atoms with Crippen LogP contribution in [0.3, 0.4) is 0 Å². The van der Waals surface area contributed by atoms with Crippen molar-refractivity contribution in [3.8, 4) is 0 Å². The second-order valence-corrected chi connectivity index (χ2v) is 3.44. The SMILES string of the molecule is [2H]C([2H])([2H])C1(O)CC(C(C)C)C1. The summed E-state index contributed by atoms with van der Waals surface area (Å²) < 4.78 is 21.3. The molecule has 0 bridgehead atoms. The summed E-state index contributed by atoms with van der Waals surface area (Å²) in [6.07, 6.45) is 0.863. The van der Waals surface area contributed by atoms with Crippen molar-refractivity contribution in [3.05, 3.63) is 0 Å². The van der Waals surface area contributed by atoms with E-state index in [1.54, 1.807) is 0 Å².